The van der Waals surface area contributed by atoms with Crippen LogP contribution < -0.4 is 5.73 Å². The molecule has 0 fully saturated rings. The zero-order valence-corrected chi connectivity index (χ0v) is 10.8. The summed E-state index contributed by atoms with van der Waals surface area (Å²) in [5.41, 5.74) is 7.09. The molecule has 0 radical (unpaired) electrons. The van der Waals surface area contributed by atoms with Gasteiger partial charge in [-0.3, -0.25) is 4.90 Å². The number of nitrogens with zero attached hydrogens (tertiary/aromatic N) is 1. The van der Waals surface area contributed by atoms with Crippen LogP contribution in [-0.4, -0.2) is 18.0 Å². The van der Waals surface area contributed by atoms with Gasteiger partial charge in [-0.1, -0.05) is 19.8 Å². The number of hydrogen-bond donors (Lipinski definition) is 1. The van der Waals surface area contributed by atoms with Crippen molar-refractivity contribution in [3.8, 4) is 0 Å². The molecule has 18 heavy (non-hydrogen) atoms. The first-order valence-electron chi connectivity index (χ1n) is 6.59. The summed E-state index contributed by atoms with van der Waals surface area (Å²) in [5, 5.41) is 0. The Bertz CT molecular complexity index is 421. The van der Waals surface area contributed by atoms with Crippen molar-refractivity contribution in [1.82, 2.24) is 4.90 Å². The fourth-order valence-electron chi connectivity index (χ4n) is 2.72. The number of nitrogens with two attached hydrogens (primary N) is 1. The third-order valence-electron chi connectivity index (χ3n) is 3.60. The molecular weight excluding hydrogens is 234 g/mol. The summed E-state index contributed by atoms with van der Waals surface area (Å²) in [6.07, 6.45) is 3.38. The molecule has 1 aromatic carbocycles. The van der Waals surface area contributed by atoms with Crippen LogP contribution in [0.1, 0.15) is 43.4 Å². The molecule has 1 aliphatic heterocycles. The van der Waals surface area contributed by atoms with E-state index in [1.54, 1.807) is 0 Å². The second-order valence-electron chi connectivity index (χ2n) is 4.89. The zero-order chi connectivity index (χ0) is 13.1. The monoisotopic (exact) mass is 254 g/mol. The van der Waals surface area contributed by atoms with Crippen molar-refractivity contribution >= 4 is 0 Å². The van der Waals surface area contributed by atoms with E-state index in [1.165, 1.54) is 6.07 Å². The highest BCUT2D eigenvalue weighted by Crippen LogP contribution is 2.35. The minimum Gasteiger partial charge on any atom is -0.329 e. The second-order valence-corrected chi connectivity index (χ2v) is 4.89. The smallest absolute Gasteiger partial charge is 0.131 e. The van der Waals surface area contributed by atoms with Gasteiger partial charge < -0.3 is 5.73 Å². The molecule has 2 rings (SSSR count). The van der Waals surface area contributed by atoms with Gasteiger partial charge in [0.2, 0.25) is 0 Å². The molecule has 0 amide bonds. The molecule has 4 heteroatoms. The minimum absolute atomic E-state index is 0.0996. The Kier molecular flexibility index (Phi) is 4.30. The number of hydrogen-bond acceptors (Lipinski definition) is 2. The molecule has 0 aliphatic carbocycles. The summed E-state index contributed by atoms with van der Waals surface area (Å²) in [4.78, 5) is 2.16. The van der Waals surface area contributed by atoms with Crippen molar-refractivity contribution in [2.24, 2.45) is 5.73 Å². The van der Waals surface area contributed by atoms with Gasteiger partial charge in [0.15, 0.2) is 0 Å². The maximum Gasteiger partial charge on any atom is 0.131 e. The first-order valence-corrected chi connectivity index (χ1v) is 6.59. The molecule has 0 aromatic heterocycles. The van der Waals surface area contributed by atoms with Crippen LogP contribution in [0.4, 0.5) is 8.78 Å². The van der Waals surface area contributed by atoms with Crippen LogP contribution in [0, 0.1) is 11.6 Å². The third-order valence-corrected chi connectivity index (χ3v) is 3.60. The van der Waals surface area contributed by atoms with Crippen LogP contribution >= 0.6 is 0 Å². The van der Waals surface area contributed by atoms with Gasteiger partial charge in [0.1, 0.15) is 11.6 Å². The lowest BCUT2D eigenvalue weighted by Gasteiger charge is -2.23. The predicted octanol–water partition coefficient (Wildman–Crippen LogP) is 2.97. The molecule has 1 unspecified atom stereocenters. The lowest BCUT2D eigenvalue weighted by molar-refractivity contribution is 0.213. The van der Waals surface area contributed by atoms with Gasteiger partial charge >= 0.3 is 0 Å². The fourth-order valence-corrected chi connectivity index (χ4v) is 2.72. The normalized spacial score (nSPS) is 19.2. The third kappa shape index (κ3) is 2.54. The van der Waals surface area contributed by atoms with Crippen LogP contribution in [0.25, 0.3) is 0 Å². The van der Waals surface area contributed by atoms with Gasteiger partial charge in [-0.2, -0.15) is 0 Å². The average Bonchev–Trinajstić information content (AvgIpc) is 2.67. The Labute approximate surface area is 107 Å². The quantitative estimate of drug-likeness (QED) is 0.818. The van der Waals surface area contributed by atoms with Crippen molar-refractivity contribution in [3.05, 3.63) is 34.9 Å². The molecular formula is C14H20F2N2. The van der Waals surface area contributed by atoms with Crippen molar-refractivity contribution in [2.75, 3.05) is 13.1 Å². The van der Waals surface area contributed by atoms with E-state index in [9.17, 15) is 8.78 Å². The van der Waals surface area contributed by atoms with Crippen molar-refractivity contribution in [2.45, 2.75) is 38.8 Å². The van der Waals surface area contributed by atoms with Gasteiger partial charge in [-0.25, -0.2) is 8.78 Å². The van der Waals surface area contributed by atoms with Crippen LogP contribution in [0.5, 0.6) is 0 Å². The predicted molar refractivity (Wildman–Crippen MR) is 68.1 cm³/mol. The van der Waals surface area contributed by atoms with E-state index in [0.29, 0.717) is 18.7 Å². The van der Waals surface area contributed by atoms with E-state index in [4.69, 9.17) is 5.73 Å². The van der Waals surface area contributed by atoms with Crippen molar-refractivity contribution in [1.29, 1.82) is 0 Å². The zero-order valence-electron chi connectivity index (χ0n) is 10.8. The molecule has 2 nitrogen and oxygen atoms in total. The molecule has 0 bridgehead atoms. The highest BCUT2D eigenvalue weighted by molar-refractivity contribution is 5.36. The van der Waals surface area contributed by atoms with Crippen LogP contribution in [0.3, 0.4) is 0 Å². The number of rotatable bonds is 5. The van der Waals surface area contributed by atoms with Gasteiger partial charge in [-0.15, -0.1) is 0 Å². The van der Waals surface area contributed by atoms with Crippen LogP contribution in [0.15, 0.2) is 12.1 Å². The molecule has 2 N–H and O–H groups in total. The Balaban J connectivity index is 2.18. The topological polar surface area (TPSA) is 29.3 Å². The first-order chi connectivity index (χ1) is 8.67. The Morgan fingerprint density at radius 3 is 2.78 bits per heavy atom. The molecule has 100 valence electrons. The highest BCUT2D eigenvalue weighted by atomic mass is 19.1. The first kappa shape index (κ1) is 13.4. The standard InChI is InChI=1S/C14H20F2N2/c1-2-3-4-5-18-9-10-6-11(15)7-12(16)14(10)13(18)8-17/h6-7,13H,2-5,8-9,17H2,1H3. The summed E-state index contributed by atoms with van der Waals surface area (Å²) in [6, 6.07) is 2.29. The van der Waals surface area contributed by atoms with E-state index in [2.05, 4.69) is 11.8 Å². The van der Waals surface area contributed by atoms with Crippen molar-refractivity contribution < 1.29 is 8.78 Å². The minimum atomic E-state index is -0.502. The number of halogens is 2. The van der Waals surface area contributed by atoms with Crippen LogP contribution in [-0.2, 0) is 6.54 Å². The summed E-state index contributed by atoms with van der Waals surface area (Å²) < 4.78 is 27.0. The van der Waals surface area contributed by atoms with E-state index < -0.39 is 11.6 Å². The van der Waals surface area contributed by atoms with Crippen LogP contribution in [0.2, 0.25) is 0 Å². The maximum absolute atomic E-state index is 13.8. The van der Waals surface area contributed by atoms with Gasteiger partial charge in [-0.05, 0) is 24.6 Å². The number of fused-ring (bicyclic) bond motifs is 1. The highest BCUT2D eigenvalue weighted by Gasteiger charge is 2.31. The summed E-state index contributed by atoms with van der Waals surface area (Å²) in [6.45, 7) is 4.02. The molecule has 0 saturated heterocycles. The lowest BCUT2D eigenvalue weighted by Crippen LogP contribution is -2.29. The molecule has 1 aromatic rings. The lowest BCUT2D eigenvalue weighted by atomic mass is 10.0. The number of unbranched alkanes of at least 4 members (excludes halogenated alkanes) is 2. The molecule has 0 saturated carbocycles. The van der Waals surface area contributed by atoms with E-state index >= 15 is 0 Å². The SMILES string of the molecule is CCCCCN1Cc2cc(F)cc(F)c2C1CN. The largest absolute Gasteiger partial charge is 0.329 e. The summed E-state index contributed by atoms with van der Waals surface area (Å²) in [7, 11) is 0. The summed E-state index contributed by atoms with van der Waals surface area (Å²) in [5.74, 6) is -0.962. The van der Waals surface area contributed by atoms with Gasteiger partial charge in [0.25, 0.3) is 0 Å². The maximum atomic E-state index is 13.8. The fraction of sp³-hybridized carbons (Fsp3) is 0.571. The molecule has 1 aliphatic rings. The Hall–Kier alpha value is -1.00. The van der Waals surface area contributed by atoms with Gasteiger partial charge in [0, 0.05) is 24.7 Å². The van der Waals surface area contributed by atoms with E-state index in [0.717, 1.165) is 37.4 Å². The summed E-state index contributed by atoms with van der Waals surface area (Å²) >= 11 is 0. The average molecular weight is 254 g/mol. The van der Waals surface area contributed by atoms with Crippen molar-refractivity contribution in [3.63, 3.8) is 0 Å². The Morgan fingerprint density at radius 1 is 1.33 bits per heavy atom. The van der Waals surface area contributed by atoms with E-state index in [-0.39, 0.29) is 6.04 Å². The van der Waals surface area contributed by atoms with Gasteiger partial charge in [0.05, 0.1) is 6.04 Å². The molecule has 0 spiro atoms. The van der Waals surface area contributed by atoms with E-state index in [1.807, 2.05) is 0 Å². The molecule has 1 heterocycles. The number of benzene rings is 1. The second kappa shape index (κ2) is 5.76. The Morgan fingerprint density at radius 2 is 2.11 bits per heavy atom. The molecule has 1 atom stereocenters.